The van der Waals surface area contributed by atoms with Gasteiger partial charge in [0.15, 0.2) is 5.54 Å². The van der Waals surface area contributed by atoms with Gasteiger partial charge in [0.05, 0.1) is 7.11 Å². The van der Waals surface area contributed by atoms with Gasteiger partial charge in [-0.05, 0) is 36.8 Å². The molecular weight excluding hydrogens is 278 g/mol. The summed E-state index contributed by atoms with van der Waals surface area (Å²) in [6.07, 6.45) is 0.492. The highest BCUT2D eigenvalue weighted by molar-refractivity contribution is 6.07. The van der Waals surface area contributed by atoms with Crippen molar-refractivity contribution >= 4 is 11.9 Å². The predicted molar refractivity (Wildman–Crippen MR) is 84.2 cm³/mol. The van der Waals surface area contributed by atoms with E-state index in [4.69, 9.17) is 9.47 Å². The van der Waals surface area contributed by atoms with E-state index in [-0.39, 0.29) is 5.97 Å². The number of esters is 1. The van der Waals surface area contributed by atoms with Crippen molar-refractivity contribution in [3.8, 4) is 5.75 Å². The SMILES string of the molecule is COc1ccc(C[C@@]2(C)N=C(c3ccccc3)OC2=O)cc1. The molecule has 0 unspecified atom stereocenters. The summed E-state index contributed by atoms with van der Waals surface area (Å²) >= 11 is 0. The Morgan fingerprint density at radius 3 is 2.41 bits per heavy atom. The van der Waals surface area contributed by atoms with Gasteiger partial charge in [0.2, 0.25) is 5.90 Å². The van der Waals surface area contributed by atoms with Gasteiger partial charge >= 0.3 is 5.97 Å². The minimum absolute atomic E-state index is 0.317. The molecule has 0 fully saturated rings. The summed E-state index contributed by atoms with van der Waals surface area (Å²) in [5.41, 5.74) is 0.937. The molecule has 4 heteroatoms. The third-order valence-corrected chi connectivity index (χ3v) is 3.71. The molecule has 4 nitrogen and oxygen atoms in total. The summed E-state index contributed by atoms with van der Waals surface area (Å²) in [6, 6.07) is 17.1. The number of hydrogen-bond donors (Lipinski definition) is 0. The van der Waals surface area contributed by atoms with Crippen molar-refractivity contribution in [1.29, 1.82) is 0 Å². The van der Waals surface area contributed by atoms with Crippen LogP contribution in [0.5, 0.6) is 5.75 Å². The Balaban J connectivity index is 1.85. The van der Waals surface area contributed by atoms with Crippen molar-refractivity contribution in [2.45, 2.75) is 18.9 Å². The Kier molecular flexibility index (Phi) is 3.67. The van der Waals surface area contributed by atoms with Gasteiger partial charge < -0.3 is 9.47 Å². The summed E-state index contributed by atoms with van der Waals surface area (Å²) in [6.45, 7) is 1.80. The van der Waals surface area contributed by atoms with Crippen molar-refractivity contribution in [3.05, 3.63) is 65.7 Å². The molecule has 3 rings (SSSR count). The Morgan fingerprint density at radius 1 is 1.09 bits per heavy atom. The summed E-state index contributed by atoms with van der Waals surface area (Å²) in [5, 5.41) is 0. The van der Waals surface area contributed by atoms with Gasteiger partial charge in [-0.3, -0.25) is 0 Å². The Morgan fingerprint density at radius 2 is 1.77 bits per heavy atom. The van der Waals surface area contributed by atoms with Crippen LogP contribution in [0.4, 0.5) is 0 Å². The predicted octanol–water partition coefficient (Wildman–Crippen LogP) is 3.00. The second kappa shape index (κ2) is 5.64. The van der Waals surface area contributed by atoms with Crippen LogP contribution < -0.4 is 4.74 Å². The first-order valence-electron chi connectivity index (χ1n) is 7.11. The van der Waals surface area contributed by atoms with Crippen LogP contribution in [0.15, 0.2) is 59.6 Å². The van der Waals surface area contributed by atoms with Crippen LogP contribution in [0.3, 0.4) is 0 Å². The molecule has 0 aromatic heterocycles. The maximum absolute atomic E-state index is 12.2. The number of hydrogen-bond acceptors (Lipinski definition) is 4. The van der Waals surface area contributed by atoms with Crippen molar-refractivity contribution in [2.75, 3.05) is 7.11 Å². The highest BCUT2D eigenvalue weighted by Crippen LogP contribution is 2.27. The zero-order chi connectivity index (χ0) is 15.6. The molecule has 1 atom stereocenters. The average Bonchev–Trinajstić information content (AvgIpc) is 2.84. The van der Waals surface area contributed by atoms with Crippen LogP contribution in [0.2, 0.25) is 0 Å². The quantitative estimate of drug-likeness (QED) is 0.815. The van der Waals surface area contributed by atoms with Gasteiger partial charge in [0.1, 0.15) is 5.75 Å². The highest BCUT2D eigenvalue weighted by atomic mass is 16.6. The van der Waals surface area contributed by atoms with Gasteiger partial charge in [-0.15, -0.1) is 0 Å². The number of carbonyl (C=O) groups is 1. The largest absolute Gasteiger partial charge is 0.497 e. The minimum Gasteiger partial charge on any atom is -0.497 e. The second-order valence-corrected chi connectivity index (χ2v) is 5.47. The Labute approximate surface area is 129 Å². The summed E-state index contributed by atoms with van der Waals surface area (Å²) in [5.74, 6) is 0.861. The molecule has 0 amide bonds. The summed E-state index contributed by atoms with van der Waals surface area (Å²) < 4.78 is 10.5. The maximum atomic E-state index is 12.2. The molecule has 0 saturated carbocycles. The van der Waals surface area contributed by atoms with Gasteiger partial charge in [-0.25, -0.2) is 9.79 Å². The van der Waals surface area contributed by atoms with E-state index in [2.05, 4.69) is 4.99 Å². The fourth-order valence-electron chi connectivity index (χ4n) is 2.45. The maximum Gasteiger partial charge on any atom is 0.340 e. The van der Waals surface area contributed by atoms with Crippen LogP contribution in [-0.4, -0.2) is 24.5 Å². The van der Waals surface area contributed by atoms with E-state index in [0.717, 1.165) is 16.9 Å². The van der Waals surface area contributed by atoms with Crippen molar-refractivity contribution < 1.29 is 14.3 Å². The van der Waals surface area contributed by atoms with Crippen molar-refractivity contribution in [1.82, 2.24) is 0 Å². The summed E-state index contributed by atoms with van der Waals surface area (Å²) in [4.78, 5) is 16.8. The van der Waals surface area contributed by atoms with Crippen molar-refractivity contribution in [2.24, 2.45) is 4.99 Å². The molecule has 0 N–H and O–H groups in total. The molecule has 0 radical (unpaired) electrons. The van der Waals surface area contributed by atoms with E-state index in [1.807, 2.05) is 54.6 Å². The van der Waals surface area contributed by atoms with Crippen LogP contribution in [0.25, 0.3) is 0 Å². The molecule has 1 aliphatic heterocycles. The molecule has 0 spiro atoms. The third kappa shape index (κ3) is 2.72. The molecule has 0 bridgehead atoms. The standard InChI is InChI=1S/C18H17NO3/c1-18(12-13-8-10-15(21-2)11-9-13)17(20)22-16(19-18)14-6-4-3-5-7-14/h3-11H,12H2,1-2H3/t18-/m1/s1. The zero-order valence-electron chi connectivity index (χ0n) is 12.6. The molecule has 1 heterocycles. The van der Waals surface area contributed by atoms with Gasteiger partial charge in [0, 0.05) is 12.0 Å². The molecular formula is C18H17NO3. The lowest BCUT2D eigenvalue weighted by Gasteiger charge is -2.16. The fraction of sp³-hybridized carbons (Fsp3) is 0.222. The molecule has 0 saturated heterocycles. The first-order chi connectivity index (χ1) is 10.6. The Hall–Kier alpha value is -2.62. The molecule has 2 aromatic rings. The second-order valence-electron chi connectivity index (χ2n) is 5.47. The molecule has 2 aromatic carbocycles. The van der Waals surface area contributed by atoms with E-state index in [9.17, 15) is 4.79 Å². The van der Waals surface area contributed by atoms with Gasteiger partial charge in [-0.1, -0.05) is 30.3 Å². The number of rotatable bonds is 4. The van der Waals surface area contributed by atoms with Crippen LogP contribution >= 0.6 is 0 Å². The number of benzene rings is 2. The molecule has 1 aliphatic rings. The lowest BCUT2D eigenvalue weighted by Crippen LogP contribution is -2.32. The van der Waals surface area contributed by atoms with E-state index in [1.165, 1.54) is 0 Å². The normalized spacial score (nSPS) is 20.5. The van der Waals surface area contributed by atoms with E-state index < -0.39 is 5.54 Å². The van der Waals surface area contributed by atoms with E-state index in [0.29, 0.717) is 12.3 Å². The summed E-state index contributed by atoms with van der Waals surface area (Å²) in [7, 11) is 1.63. The topological polar surface area (TPSA) is 47.9 Å². The van der Waals surface area contributed by atoms with E-state index >= 15 is 0 Å². The lowest BCUT2D eigenvalue weighted by molar-refractivity contribution is -0.138. The first kappa shape index (κ1) is 14.3. The highest BCUT2D eigenvalue weighted by Gasteiger charge is 2.42. The average molecular weight is 295 g/mol. The van der Waals surface area contributed by atoms with Crippen LogP contribution in [-0.2, 0) is 16.0 Å². The van der Waals surface area contributed by atoms with Gasteiger partial charge in [0.25, 0.3) is 0 Å². The number of methoxy groups -OCH3 is 1. The minimum atomic E-state index is -0.889. The molecule has 22 heavy (non-hydrogen) atoms. The van der Waals surface area contributed by atoms with Crippen LogP contribution in [0.1, 0.15) is 18.1 Å². The van der Waals surface area contributed by atoms with Gasteiger partial charge in [-0.2, -0.15) is 0 Å². The van der Waals surface area contributed by atoms with E-state index in [1.54, 1.807) is 14.0 Å². The number of carbonyl (C=O) groups excluding carboxylic acids is 1. The number of ether oxygens (including phenoxy) is 2. The third-order valence-electron chi connectivity index (χ3n) is 3.71. The number of cyclic esters (lactones) is 1. The van der Waals surface area contributed by atoms with Crippen molar-refractivity contribution in [3.63, 3.8) is 0 Å². The zero-order valence-corrected chi connectivity index (χ0v) is 12.6. The number of aliphatic imine (C=N–C) groups is 1. The fourth-order valence-corrected chi connectivity index (χ4v) is 2.45. The number of nitrogens with zero attached hydrogens (tertiary/aromatic N) is 1. The smallest absolute Gasteiger partial charge is 0.340 e. The lowest BCUT2D eigenvalue weighted by atomic mass is 9.94. The monoisotopic (exact) mass is 295 g/mol. The Bertz CT molecular complexity index is 707. The first-order valence-corrected chi connectivity index (χ1v) is 7.11. The van der Waals surface area contributed by atoms with Crippen LogP contribution in [0, 0.1) is 0 Å². The molecule has 112 valence electrons. The molecule has 0 aliphatic carbocycles.